The molecule has 0 aliphatic carbocycles. The average molecular weight is 259 g/mol. The fourth-order valence-corrected chi connectivity index (χ4v) is 2.13. The number of fused-ring (bicyclic) bond motifs is 1. The highest BCUT2D eigenvalue weighted by Crippen LogP contribution is 2.23. The van der Waals surface area contributed by atoms with E-state index in [1.54, 1.807) is 6.08 Å². The molecule has 1 N–H and O–H groups in total. The summed E-state index contributed by atoms with van der Waals surface area (Å²) >= 11 is 3.51. The van der Waals surface area contributed by atoms with Crippen molar-refractivity contribution in [2.45, 2.75) is 11.1 Å². The normalized spacial score (nSPS) is 29.9. The molecule has 0 saturated carbocycles. The maximum absolute atomic E-state index is 11.3. The minimum atomic E-state index is -0.300. The molecule has 1 fully saturated rings. The van der Waals surface area contributed by atoms with Crippen molar-refractivity contribution < 1.29 is 9.53 Å². The van der Waals surface area contributed by atoms with E-state index in [9.17, 15) is 4.79 Å². The first-order chi connectivity index (χ1) is 6.72. The largest absolute Gasteiger partial charge is 0.465 e. The lowest BCUT2D eigenvalue weighted by Crippen LogP contribution is -2.34. The summed E-state index contributed by atoms with van der Waals surface area (Å²) in [6.07, 6.45) is 5.74. The Morgan fingerprint density at radius 3 is 3.29 bits per heavy atom. The second-order valence-corrected chi connectivity index (χ2v) is 4.23. The number of carbonyl (C=O) groups excluding carboxylic acids is 1. The first kappa shape index (κ1) is 9.73. The first-order valence-corrected chi connectivity index (χ1v) is 5.27. The lowest BCUT2D eigenvalue weighted by molar-refractivity contribution is -0.135. The molecule has 0 unspecified atom stereocenters. The van der Waals surface area contributed by atoms with E-state index in [1.807, 2.05) is 17.2 Å². The van der Waals surface area contributed by atoms with E-state index in [2.05, 4.69) is 26.0 Å². The van der Waals surface area contributed by atoms with Crippen LogP contribution < -0.4 is 5.32 Å². The van der Waals surface area contributed by atoms with Crippen molar-refractivity contribution in [3.05, 3.63) is 23.9 Å². The summed E-state index contributed by atoms with van der Waals surface area (Å²) in [5, 5.41) is 3.28. The molecule has 4 nitrogen and oxygen atoms in total. The standard InChI is InChI=1S/C9H11BrN2O2/c1-14-9(13)6-2-3-8-11-4-7(10)12(8)5-6/h2-3,5,7-8,11H,4H2,1H3/t7-,8-/m1/s1. The van der Waals surface area contributed by atoms with Gasteiger partial charge < -0.3 is 9.64 Å². The lowest BCUT2D eigenvalue weighted by atomic mass is 10.2. The van der Waals surface area contributed by atoms with Gasteiger partial charge in [-0.05, 0) is 12.2 Å². The lowest BCUT2D eigenvalue weighted by Gasteiger charge is -2.26. The maximum atomic E-state index is 11.3. The van der Waals surface area contributed by atoms with Crippen LogP contribution in [0.25, 0.3) is 0 Å². The summed E-state index contributed by atoms with van der Waals surface area (Å²) < 4.78 is 4.65. The number of nitrogens with zero attached hydrogens (tertiary/aromatic N) is 1. The molecule has 2 atom stereocenters. The molecule has 0 aromatic rings. The maximum Gasteiger partial charge on any atom is 0.339 e. The Bertz CT molecular complexity index is 314. The SMILES string of the molecule is COC(=O)C1=CN2[C@H](C=C1)NC[C@@H]2Br. The molecule has 2 rings (SSSR count). The minimum Gasteiger partial charge on any atom is -0.465 e. The first-order valence-electron chi connectivity index (χ1n) is 4.35. The molecule has 14 heavy (non-hydrogen) atoms. The fourth-order valence-electron chi connectivity index (χ4n) is 1.57. The van der Waals surface area contributed by atoms with Crippen LogP contribution in [0.3, 0.4) is 0 Å². The number of halogens is 1. The van der Waals surface area contributed by atoms with Gasteiger partial charge in [-0.2, -0.15) is 0 Å². The summed E-state index contributed by atoms with van der Waals surface area (Å²) in [7, 11) is 1.39. The van der Waals surface area contributed by atoms with Crippen molar-refractivity contribution in [2.75, 3.05) is 13.7 Å². The van der Waals surface area contributed by atoms with Crippen LogP contribution in [0.4, 0.5) is 0 Å². The van der Waals surface area contributed by atoms with Crippen molar-refractivity contribution in [1.29, 1.82) is 0 Å². The molecule has 0 aromatic heterocycles. The van der Waals surface area contributed by atoms with Crippen LogP contribution >= 0.6 is 15.9 Å². The molecule has 2 aliphatic heterocycles. The van der Waals surface area contributed by atoms with Crippen LogP contribution in [0.2, 0.25) is 0 Å². The highest BCUT2D eigenvalue weighted by atomic mass is 79.9. The van der Waals surface area contributed by atoms with E-state index < -0.39 is 0 Å². The Kier molecular flexibility index (Phi) is 2.60. The van der Waals surface area contributed by atoms with Crippen LogP contribution in [0.5, 0.6) is 0 Å². The zero-order valence-corrected chi connectivity index (χ0v) is 9.32. The van der Waals surface area contributed by atoms with Gasteiger partial charge in [-0.1, -0.05) is 15.9 Å². The van der Waals surface area contributed by atoms with Gasteiger partial charge in [-0.25, -0.2) is 4.79 Å². The Labute approximate surface area is 90.7 Å². The number of hydrogen-bond donors (Lipinski definition) is 1. The number of ether oxygens (including phenoxy) is 1. The van der Waals surface area contributed by atoms with Gasteiger partial charge in [0.2, 0.25) is 0 Å². The van der Waals surface area contributed by atoms with Gasteiger partial charge in [-0.3, -0.25) is 5.32 Å². The van der Waals surface area contributed by atoms with Gasteiger partial charge in [0.15, 0.2) is 0 Å². The van der Waals surface area contributed by atoms with Crippen molar-refractivity contribution >= 4 is 21.9 Å². The Balaban J connectivity index is 2.19. The molecular formula is C9H11BrN2O2. The zero-order chi connectivity index (χ0) is 10.1. The van der Waals surface area contributed by atoms with Crippen LogP contribution in [-0.2, 0) is 9.53 Å². The topological polar surface area (TPSA) is 41.6 Å². The number of methoxy groups -OCH3 is 1. The molecule has 1 saturated heterocycles. The predicted molar refractivity (Wildman–Crippen MR) is 55.6 cm³/mol. The number of nitrogens with one attached hydrogen (secondary N) is 1. The molecule has 0 amide bonds. The van der Waals surface area contributed by atoms with Crippen molar-refractivity contribution in [3.8, 4) is 0 Å². The van der Waals surface area contributed by atoms with E-state index in [0.717, 1.165) is 6.54 Å². The molecule has 0 aromatic carbocycles. The molecule has 5 heteroatoms. The van der Waals surface area contributed by atoms with Crippen molar-refractivity contribution in [1.82, 2.24) is 10.2 Å². The van der Waals surface area contributed by atoms with Crippen molar-refractivity contribution in [3.63, 3.8) is 0 Å². The number of esters is 1. The van der Waals surface area contributed by atoms with Crippen molar-refractivity contribution in [2.24, 2.45) is 0 Å². The number of alkyl halides is 1. The Morgan fingerprint density at radius 1 is 1.79 bits per heavy atom. The molecule has 0 spiro atoms. The van der Waals surface area contributed by atoms with Gasteiger partial charge in [0.1, 0.15) is 0 Å². The highest BCUT2D eigenvalue weighted by Gasteiger charge is 2.30. The Morgan fingerprint density at radius 2 is 2.57 bits per heavy atom. The monoisotopic (exact) mass is 258 g/mol. The fraction of sp³-hybridized carbons (Fsp3) is 0.444. The molecule has 0 bridgehead atoms. The predicted octanol–water partition coefficient (Wildman–Crippen LogP) is 0.565. The Hall–Kier alpha value is -0.810. The van der Waals surface area contributed by atoms with Crippen LogP contribution in [-0.4, -0.2) is 35.6 Å². The zero-order valence-electron chi connectivity index (χ0n) is 7.74. The minimum absolute atomic E-state index is 0.188. The second kappa shape index (κ2) is 3.74. The summed E-state index contributed by atoms with van der Waals surface area (Å²) in [5.41, 5.74) is 0.580. The molecule has 2 heterocycles. The molecule has 0 radical (unpaired) electrons. The van der Waals surface area contributed by atoms with E-state index in [-0.39, 0.29) is 17.1 Å². The molecular weight excluding hydrogens is 248 g/mol. The quantitative estimate of drug-likeness (QED) is 0.424. The van der Waals surface area contributed by atoms with Gasteiger partial charge in [-0.15, -0.1) is 0 Å². The van der Waals surface area contributed by atoms with Gasteiger partial charge >= 0.3 is 5.97 Å². The van der Waals surface area contributed by atoms with E-state index in [1.165, 1.54) is 7.11 Å². The number of carbonyl (C=O) groups is 1. The third-order valence-corrected chi connectivity index (χ3v) is 3.10. The van der Waals surface area contributed by atoms with Crippen LogP contribution in [0.1, 0.15) is 0 Å². The second-order valence-electron chi connectivity index (χ2n) is 3.17. The van der Waals surface area contributed by atoms with Crippen LogP contribution in [0.15, 0.2) is 23.9 Å². The number of rotatable bonds is 1. The molecule has 76 valence electrons. The smallest absolute Gasteiger partial charge is 0.339 e. The summed E-state index contributed by atoms with van der Waals surface area (Å²) in [5.74, 6) is -0.300. The summed E-state index contributed by atoms with van der Waals surface area (Å²) in [4.78, 5) is 13.5. The molecule has 2 aliphatic rings. The summed E-state index contributed by atoms with van der Waals surface area (Å²) in [6.45, 7) is 0.861. The highest BCUT2D eigenvalue weighted by molar-refractivity contribution is 9.09. The van der Waals surface area contributed by atoms with Gasteiger partial charge in [0, 0.05) is 12.7 Å². The van der Waals surface area contributed by atoms with Crippen LogP contribution in [0, 0.1) is 0 Å². The third kappa shape index (κ3) is 1.57. The van der Waals surface area contributed by atoms with E-state index in [4.69, 9.17) is 0 Å². The van der Waals surface area contributed by atoms with Gasteiger partial charge in [0.05, 0.1) is 23.8 Å². The summed E-state index contributed by atoms with van der Waals surface area (Å²) in [6, 6.07) is 0. The van der Waals surface area contributed by atoms with E-state index in [0.29, 0.717) is 5.57 Å². The number of hydrogen-bond acceptors (Lipinski definition) is 4. The average Bonchev–Trinajstić information content (AvgIpc) is 2.59. The van der Waals surface area contributed by atoms with E-state index >= 15 is 0 Å². The third-order valence-electron chi connectivity index (χ3n) is 2.31. The van der Waals surface area contributed by atoms with Gasteiger partial charge in [0.25, 0.3) is 0 Å².